The van der Waals surface area contributed by atoms with Gasteiger partial charge in [0.1, 0.15) is 11.6 Å². The fourth-order valence-corrected chi connectivity index (χ4v) is 21.2. The molecule has 0 amide bonds. The van der Waals surface area contributed by atoms with Crippen molar-refractivity contribution >= 4 is 116 Å². The van der Waals surface area contributed by atoms with E-state index in [4.69, 9.17) is 4.98 Å². The Hall–Kier alpha value is -11.3. The lowest BCUT2D eigenvalue weighted by Gasteiger charge is -2.30. The Morgan fingerprint density at radius 2 is 0.600 bits per heavy atom. The molecule has 2 aliphatic heterocycles. The maximum Gasteiger partial charge on any atom is 0.183 e. The Morgan fingerprint density at radius 1 is 0.294 bits per heavy atom. The van der Waals surface area contributed by atoms with Crippen LogP contribution < -0.4 is 20.7 Å². The van der Waals surface area contributed by atoms with Crippen LogP contribution >= 0.6 is 0 Å². The number of benzene rings is 12. The minimum absolute atomic E-state index is 0.536. The monoisotopic (exact) mass is 1090 g/mol. The van der Waals surface area contributed by atoms with Gasteiger partial charge < -0.3 is 18.3 Å². The number of pyridine rings is 1. The molecule has 0 atom stereocenters. The van der Waals surface area contributed by atoms with Crippen molar-refractivity contribution in [2.75, 3.05) is 0 Å². The van der Waals surface area contributed by atoms with E-state index in [0.29, 0.717) is 5.56 Å². The summed E-state index contributed by atoms with van der Waals surface area (Å²) in [5.74, 6) is 0. The van der Waals surface area contributed by atoms with Gasteiger partial charge in [0.15, 0.2) is 8.07 Å². The minimum atomic E-state index is -2.92. The molecule has 12 aromatic carbocycles. The molecule has 2 aliphatic rings. The van der Waals surface area contributed by atoms with Gasteiger partial charge in [-0.15, -0.1) is 0 Å². The van der Waals surface area contributed by atoms with Crippen molar-refractivity contribution in [2.24, 2.45) is 0 Å². The van der Waals surface area contributed by atoms with Crippen molar-refractivity contribution < 1.29 is 0 Å². The van der Waals surface area contributed by atoms with Crippen molar-refractivity contribution in [1.29, 1.82) is 5.26 Å². The van der Waals surface area contributed by atoms with E-state index in [0.717, 1.165) is 132 Å². The molecule has 17 aromatic rings. The Morgan fingerprint density at radius 3 is 0.965 bits per heavy atom. The summed E-state index contributed by atoms with van der Waals surface area (Å²) in [6.45, 7) is 0. The lowest BCUT2D eigenvalue weighted by atomic mass is 9.92. The van der Waals surface area contributed by atoms with Crippen LogP contribution in [0.4, 0.5) is 0 Å². The van der Waals surface area contributed by atoms with Crippen molar-refractivity contribution in [2.45, 2.75) is 0 Å². The highest BCUT2D eigenvalue weighted by Crippen LogP contribution is 2.52. The summed E-state index contributed by atoms with van der Waals surface area (Å²) < 4.78 is 9.81. The van der Waals surface area contributed by atoms with Gasteiger partial charge in [0.25, 0.3) is 0 Å². The van der Waals surface area contributed by atoms with Crippen molar-refractivity contribution in [3.8, 4) is 62.3 Å². The summed E-state index contributed by atoms with van der Waals surface area (Å²) in [5, 5.41) is 27.4. The van der Waals surface area contributed by atoms with Gasteiger partial charge in [-0.3, -0.25) is 4.98 Å². The molecule has 0 unspecified atom stereocenters. The highest BCUT2D eigenvalue weighted by atomic mass is 28.3. The molecule has 0 radical (unpaired) electrons. The third kappa shape index (κ3) is 5.87. The molecule has 6 nitrogen and oxygen atoms in total. The molecule has 0 saturated heterocycles. The number of nitriles is 1. The van der Waals surface area contributed by atoms with E-state index in [2.05, 4.69) is 297 Å². The van der Waals surface area contributed by atoms with Crippen molar-refractivity contribution in [3.63, 3.8) is 0 Å². The second-order valence-electron chi connectivity index (χ2n) is 22.7. The van der Waals surface area contributed by atoms with E-state index in [9.17, 15) is 5.26 Å². The maximum absolute atomic E-state index is 13.1. The number of para-hydroxylation sites is 8. The first-order valence-corrected chi connectivity index (χ1v) is 31.1. The summed E-state index contributed by atoms with van der Waals surface area (Å²) in [4.78, 5) is 5.46. The van der Waals surface area contributed by atoms with E-state index in [1.807, 2.05) is 6.20 Å². The van der Waals surface area contributed by atoms with E-state index in [1.165, 1.54) is 31.9 Å². The zero-order valence-electron chi connectivity index (χ0n) is 45.7. The standard InChI is InChI=1S/C78H46N6Si/c79-47-60-75(81-61-32-11-1-22-49(61)50-23-2-12-33-62(50)81)77(83-65-36-15-5-26-53(65)54-27-6-16-37-66(54)83)73(48-43-44-71-59(46-48)74-72(42-21-45-80-74)85(71)69-40-19-9-30-57(69)58-31-10-20-41-70(58)85)78(84-67-38-17-7-28-55(67)56-29-8-18-39-68(56)84)76(60)82-63-34-13-3-24-51(63)52-25-4-14-35-64(52)82/h1-46H. The average molecular weight is 1100 g/mol. The number of nitrogens with zero attached hydrogens (tertiary/aromatic N) is 6. The molecule has 0 bridgehead atoms. The van der Waals surface area contributed by atoms with Gasteiger partial charge in [0.2, 0.25) is 0 Å². The summed E-state index contributed by atoms with van der Waals surface area (Å²) in [6, 6.07) is 103. The summed E-state index contributed by atoms with van der Waals surface area (Å²) in [6.07, 6.45) is 1.98. The number of rotatable bonds is 5. The third-order valence-corrected chi connectivity index (χ3v) is 23.8. The highest BCUT2D eigenvalue weighted by molar-refractivity contribution is 7.24. The fourth-order valence-electron chi connectivity index (χ4n) is 15.7. The largest absolute Gasteiger partial charge is 0.306 e. The van der Waals surface area contributed by atoms with E-state index in [1.54, 1.807) is 0 Å². The van der Waals surface area contributed by atoms with Crippen LogP contribution in [0.2, 0.25) is 0 Å². The highest BCUT2D eigenvalue weighted by Gasteiger charge is 2.54. The SMILES string of the molecule is N#Cc1c(-n2c3ccccc3c3ccccc32)c(-n2c3ccccc3c3ccccc32)c(-c2ccc3c(c2)-c2ncccc2[Si]32c3ccccc3-c3ccccc32)c(-n2c3ccccc3c3ccccc32)c1-n1c2ccccc2c2ccccc21. The van der Waals surface area contributed by atoms with E-state index in [-0.39, 0.29) is 0 Å². The number of fused-ring (bicyclic) bond motifs is 22. The van der Waals surface area contributed by atoms with Gasteiger partial charge >= 0.3 is 0 Å². The molecule has 0 aliphatic carbocycles. The van der Waals surface area contributed by atoms with Crippen LogP contribution in [-0.4, -0.2) is 31.3 Å². The molecule has 19 rings (SSSR count). The molecule has 5 aromatic heterocycles. The molecule has 0 N–H and O–H groups in total. The lowest BCUT2D eigenvalue weighted by Crippen LogP contribution is -2.70. The molecule has 7 heterocycles. The lowest BCUT2D eigenvalue weighted by molar-refractivity contribution is 1.04. The van der Waals surface area contributed by atoms with Gasteiger partial charge in [-0.2, -0.15) is 5.26 Å². The molecular weight excluding hydrogens is 1050 g/mol. The second kappa shape index (κ2) is 17.1. The predicted molar refractivity (Wildman–Crippen MR) is 353 cm³/mol. The Kier molecular flexibility index (Phi) is 9.34. The molecule has 0 saturated carbocycles. The van der Waals surface area contributed by atoms with Crippen LogP contribution in [0.1, 0.15) is 5.56 Å². The van der Waals surface area contributed by atoms with Gasteiger partial charge in [-0.1, -0.05) is 212 Å². The molecule has 7 heteroatoms. The van der Waals surface area contributed by atoms with Gasteiger partial charge in [-0.05, 0) is 98.1 Å². The number of hydrogen-bond donors (Lipinski definition) is 0. The van der Waals surface area contributed by atoms with Crippen LogP contribution in [0, 0.1) is 11.3 Å². The third-order valence-electron chi connectivity index (χ3n) is 18.9. The first-order chi connectivity index (χ1) is 42.2. The second-order valence-corrected chi connectivity index (χ2v) is 26.4. The Labute approximate surface area is 488 Å². The summed E-state index contributed by atoms with van der Waals surface area (Å²) >= 11 is 0. The molecular formula is C78H46N6Si. The molecule has 85 heavy (non-hydrogen) atoms. The smallest absolute Gasteiger partial charge is 0.183 e. The zero-order valence-corrected chi connectivity index (χ0v) is 46.7. The number of hydrogen-bond acceptors (Lipinski definition) is 2. The Balaban J connectivity index is 1.11. The molecule has 1 spiro atoms. The number of aromatic nitrogens is 5. The maximum atomic E-state index is 13.1. The molecule has 0 fully saturated rings. The first-order valence-electron chi connectivity index (χ1n) is 29.1. The minimum Gasteiger partial charge on any atom is -0.306 e. The zero-order chi connectivity index (χ0) is 55.6. The van der Waals surface area contributed by atoms with Gasteiger partial charge in [0, 0.05) is 60.4 Å². The van der Waals surface area contributed by atoms with Crippen LogP contribution in [0.25, 0.3) is 143 Å². The van der Waals surface area contributed by atoms with E-state index < -0.39 is 8.07 Å². The topological polar surface area (TPSA) is 56.4 Å². The van der Waals surface area contributed by atoms with Crippen LogP contribution in [0.15, 0.2) is 279 Å². The predicted octanol–water partition coefficient (Wildman–Crippen LogP) is 16.3. The van der Waals surface area contributed by atoms with Gasteiger partial charge in [-0.25, -0.2) is 0 Å². The quantitative estimate of drug-likeness (QED) is 0.161. The molecule has 392 valence electrons. The van der Waals surface area contributed by atoms with Crippen LogP contribution in [0.3, 0.4) is 0 Å². The van der Waals surface area contributed by atoms with E-state index >= 15 is 0 Å². The average Bonchev–Trinajstić information content (AvgIpc) is 1.59. The Bertz CT molecular complexity index is 5330. The normalized spacial score (nSPS) is 13.0. The van der Waals surface area contributed by atoms with Crippen LogP contribution in [-0.2, 0) is 0 Å². The van der Waals surface area contributed by atoms with Crippen molar-refractivity contribution in [3.05, 3.63) is 285 Å². The van der Waals surface area contributed by atoms with Gasteiger partial charge in [0.05, 0.1) is 72.6 Å². The van der Waals surface area contributed by atoms with Crippen molar-refractivity contribution in [1.82, 2.24) is 23.3 Å². The fraction of sp³-hybridized carbons (Fsp3) is 0. The summed E-state index contributed by atoms with van der Waals surface area (Å²) in [7, 11) is -2.92. The first kappa shape index (κ1) is 46.3. The summed E-state index contributed by atoms with van der Waals surface area (Å²) in [5.41, 5.74) is 18.8. The van der Waals surface area contributed by atoms with Crippen LogP contribution in [0.5, 0.6) is 0 Å².